The van der Waals surface area contributed by atoms with Crippen LogP contribution in [-0.2, 0) is 20.9 Å². The molecule has 0 heterocycles. The van der Waals surface area contributed by atoms with Crippen LogP contribution in [0.2, 0.25) is 5.02 Å². The minimum atomic E-state index is -0.684. The molecule has 0 aliphatic carbocycles. The van der Waals surface area contributed by atoms with Crippen LogP contribution in [0.25, 0.3) is 0 Å². The number of nitrogens with zero attached hydrogens (tertiary/aromatic N) is 1. The summed E-state index contributed by atoms with van der Waals surface area (Å²) >= 11 is 5.94. The molecule has 0 aliphatic heterocycles. The van der Waals surface area contributed by atoms with Crippen molar-refractivity contribution in [1.82, 2.24) is 4.90 Å². The quantitative estimate of drug-likeness (QED) is 0.780. The molecule has 0 saturated heterocycles. The predicted octanol–water partition coefficient (Wildman–Crippen LogP) is 3.49. The Morgan fingerprint density at radius 1 is 1.27 bits per heavy atom. The van der Waals surface area contributed by atoms with Gasteiger partial charge in [0.1, 0.15) is 18.1 Å². The molecule has 1 N–H and O–H groups in total. The molecule has 2 aromatic rings. The number of esters is 1. The molecule has 26 heavy (non-hydrogen) atoms. The summed E-state index contributed by atoms with van der Waals surface area (Å²) in [6.45, 7) is 1.28. The van der Waals surface area contributed by atoms with Crippen LogP contribution in [0, 0.1) is 5.82 Å². The Labute approximate surface area is 156 Å². The van der Waals surface area contributed by atoms with Crippen molar-refractivity contribution in [1.29, 1.82) is 0 Å². The first-order valence-corrected chi connectivity index (χ1v) is 8.28. The van der Waals surface area contributed by atoms with Gasteiger partial charge in [-0.2, -0.15) is 0 Å². The summed E-state index contributed by atoms with van der Waals surface area (Å²) in [5.41, 5.74) is 0.876. The molecule has 0 radical (unpaired) electrons. The highest BCUT2D eigenvalue weighted by atomic mass is 35.5. The zero-order valence-electron chi connectivity index (χ0n) is 14.4. The molecule has 0 unspecified atom stereocenters. The van der Waals surface area contributed by atoms with Crippen molar-refractivity contribution in [3.05, 3.63) is 64.4 Å². The molecular weight excluding hydrogens is 361 g/mol. The zero-order valence-corrected chi connectivity index (χ0v) is 15.2. The number of halogens is 2. The van der Waals surface area contributed by atoms with Crippen molar-refractivity contribution < 1.29 is 23.8 Å². The van der Waals surface area contributed by atoms with E-state index in [2.05, 4.69) is 4.74 Å². The fourth-order valence-electron chi connectivity index (χ4n) is 2.51. The van der Waals surface area contributed by atoms with E-state index in [1.807, 2.05) is 0 Å². The summed E-state index contributed by atoms with van der Waals surface area (Å²) in [7, 11) is 1.22. The van der Waals surface area contributed by atoms with Crippen LogP contribution in [0.4, 0.5) is 4.39 Å². The molecule has 138 valence electrons. The van der Waals surface area contributed by atoms with E-state index in [4.69, 9.17) is 11.6 Å². The summed E-state index contributed by atoms with van der Waals surface area (Å²) in [5.74, 6) is -2.19. The van der Waals surface area contributed by atoms with E-state index in [9.17, 15) is 19.1 Å². The number of hydrogen-bond acceptors (Lipinski definition) is 4. The number of methoxy groups -OCH3 is 1. The number of carbonyl (C=O) groups is 2. The van der Waals surface area contributed by atoms with Crippen LogP contribution in [0.3, 0.4) is 0 Å². The number of hydrogen-bond donors (Lipinski definition) is 1. The third-order valence-electron chi connectivity index (χ3n) is 3.98. The Balaban J connectivity index is 2.29. The summed E-state index contributed by atoms with van der Waals surface area (Å²) in [5, 5.41) is 10.4. The molecule has 2 aromatic carbocycles. The number of benzene rings is 2. The number of ether oxygens (including phenoxy) is 1. The fraction of sp³-hybridized carbons (Fsp3) is 0.263. The number of phenols is 1. The summed E-state index contributed by atoms with van der Waals surface area (Å²) in [4.78, 5) is 25.8. The van der Waals surface area contributed by atoms with Gasteiger partial charge in [0.25, 0.3) is 0 Å². The largest absolute Gasteiger partial charge is 0.508 e. The molecule has 2 rings (SSSR count). The van der Waals surface area contributed by atoms with Crippen molar-refractivity contribution in [3.8, 4) is 5.75 Å². The van der Waals surface area contributed by atoms with Gasteiger partial charge in [-0.05, 0) is 42.8 Å². The summed E-state index contributed by atoms with van der Waals surface area (Å²) < 4.78 is 18.1. The number of amides is 1. The smallest absolute Gasteiger partial charge is 0.325 e. The second kappa shape index (κ2) is 8.67. The maximum absolute atomic E-state index is 13.5. The maximum Gasteiger partial charge on any atom is 0.325 e. The number of phenolic OH excluding ortho intramolecular Hbond substituents is 1. The van der Waals surface area contributed by atoms with Gasteiger partial charge in [-0.1, -0.05) is 23.7 Å². The lowest BCUT2D eigenvalue weighted by molar-refractivity contribution is -0.147. The molecular formula is C19H19ClFNO4. The van der Waals surface area contributed by atoms with Gasteiger partial charge >= 0.3 is 5.97 Å². The Morgan fingerprint density at radius 3 is 2.65 bits per heavy atom. The van der Waals surface area contributed by atoms with Crippen LogP contribution in [0.1, 0.15) is 24.0 Å². The van der Waals surface area contributed by atoms with Crippen molar-refractivity contribution >= 4 is 23.5 Å². The first-order valence-electron chi connectivity index (χ1n) is 7.90. The average Bonchev–Trinajstić information content (AvgIpc) is 2.62. The van der Waals surface area contributed by atoms with Gasteiger partial charge in [0, 0.05) is 17.1 Å². The Hall–Kier alpha value is -2.60. The van der Waals surface area contributed by atoms with Gasteiger partial charge < -0.3 is 14.7 Å². The predicted molar refractivity (Wildman–Crippen MR) is 95.4 cm³/mol. The topological polar surface area (TPSA) is 66.8 Å². The van der Waals surface area contributed by atoms with Gasteiger partial charge in [0.2, 0.25) is 5.91 Å². The highest BCUT2D eigenvalue weighted by molar-refractivity contribution is 6.30. The van der Waals surface area contributed by atoms with E-state index < -0.39 is 23.6 Å². The third-order valence-corrected chi connectivity index (χ3v) is 4.22. The Bertz CT molecular complexity index is 812. The van der Waals surface area contributed by atoms with Crippen molar-refractivity contribution in [2.75, 3.05) is 13.7 Å². The molecule has 1 atom stereocenters. The lowest BCUT2D eigenvalue weighted by Gasteiger charge is -2.25. The van der Waals surface area contributed by atoms with Crippen LogP contribution in [0.15, 0.2) is 42.5 Å². The highest BCUT2D eigenvalue weighted by Gasteiger charge is 2.25. The molecule has 0 aliphatic rings. The second-order valence-electron chi connectivity index (χ2n) is 5.82. The average molecular weight is 380 g/mol. The SMILES string of the molecule is COC(=O)CN(Cc1cc(Cl)ccc1O)C(=O)[C@H](C)c1cccc(F)c1. The van der Waals surface area contributed by atoms with Gasteiger partial charge in [0.05, 0.1) is 13.0 Å². The van der Waals surface area contributed by atoms with E-state index in [1.54, 1.807) is 13.0 Å². The molecule has 0 fully saturated rings. The molecule has 0 saturated carbocycles. The third kappa shape index (κ3) is 4.95. The monoisotopic (exact) mass is 379 g/mol. The van der Waals surface area contributed by atoms with Gasteiger partial charge in [-0.3, -0.25) is 9.59 Å². The highest BCUT2D eigenvalue weighted by Crippen LogP contribution is 2.25. The van der Waals surface area contributed by atoms with Crippen molar-refractivity contribution in [2.45, 2.75) is 19.4 Å². The molecule has 1 amide bonds. The van der Waals surface area contributed by atoms with Gasteiger partial charge in [-0.15, -0.1) is 0 Å². The lowest BCUT2D eigenvalue weighted by Crippen LogP contribution is -2.38. The summed E-state index contributed by atoms with van der Waals surface area (Å²) in [6, 6.07) is 10.2. The standard InChI is InChI=1S/C19H19ClFNO4/c1-12(13-4-3-5-16(21)9-13)19(25)22(11-18(24)26-2)10-14-8-15(20)6-7-17(14)23/h3-9,12,23H,10-11H2,1-2H3/t12-/m1/s1. The summed E-state index contributed by atoms with van der Waals surface area (Å²) in [6.07, 6.45) is 0. The van der Waals surface area contributed by atoms with Crippen molar-refractivity contribution in [2.24, 2.45) is 0 Å². The van der Waals surface area contributed by atoms with E-state index in [0.29, 0.717) is 16.1 Å². The Morgan fingerprint density at radius 2 is 2.00 bits per heavy atom. The number of carbonyl (C=O) groups excluding carboxylic acids is 2. The number of aromatic hydroxyl groups is 1. The zero-order chi connectivity index (χ0) is 19.3. The second-order valence-corrected chi connectivity index (χ2v) is 6.26. The number of rotatable bonds is 6. The van der Waals surface area contributed by atoms with Crippen LogP contribution >= 0.6 is 11.6 Å². The lowest BCUT2D eigenvalue weighted by atomic mass is 9.99. The molecule has 0 bridgehead atoms. The molecule has 7 heteroatoms. The first-order chi connectivity index (χ1) is 12.3. The molecule has 0 aromatic heterocycles. The van der Waals surface area contributed by atoms with Crippen LogP contribution in [-0.4, -0.2) is 35.5 Å². The Kier molecular flexibility index (Phi) is 6.58. The van der Waals surface area contributed by atoms with Crippen LogP contribution in [0.5, 0.6) is 5.75 Å². The van der Waals surface area contributed by atoms with Crippen LogP contribution < -0.4 is 0 Å². The minimum Gasteiger partial charge on any atom is -0.508 e. The fourth-order valence-corrected chi connectivity index (χ4v) is 2.71. The normalized spacial score (nSPS) is 11.7. The molecule has 0 spiro atoms. The van der Waals surface area contributed by atoms with Gasteiger partial charge in [0.15, 0.2) is 0 Å². The molecule has 5 nitrogen and oxygen atoms in total. The van der Waals surface area contributed by atoms with E-state index in [1.165, 1.54) is 48.4 Å². The van der Waals surface area contributed by atoms with Crippen molar-refractivity contribution in [3.63, 3.8) is 0 Å². The first kappa shape index (κ1) is 19.7. The maximum atomic E-state index is 13.5. The van der Waals surface area contributed by atoms with E-state index >= 15 is 0 Å². The van der Waals surface area contributed by atoms with E-state index in [-0.39, 0.29) is 18.8 Å². The minimum absolute atomic E-state index is 0.0417. The van der Waals surface area contributed by atoms with Gasteiger partial charge in [-0.25, -0.2) is 4.39 Å². The van der Waals surface area contributed by atoms with E-state index in [0.717, 1.165) is 0 Å².